The molecule has 3 aromatic carbocycles. The summed E-state index contributed by atoms with van der Waals surface area (Å²) in [6.45, 7) is 1.14. The second kappa shape index (κ2) is 13.6. The van der Waals surface area contributed by atoms with Crippen LogP contribution in [0.5, 0.6) is 0 Å². The lowest BCUT2D eigenvalue weighted by Gasteiger charge is -2.28. The minimum absolute atomic E-state index is 0.00208. The molecule has 0 saturated heterocycles. The van der Waals surface area contributed by atoms with Crippen molar-refractivity contribution in [2.24, 2.45) is 11.1 Å². The van der Waals surface area contributed by atoms with Crippen LogP contribution in [0.1, 0.15) is 19.3 Å². The summed E-state index contributed by atoms with van der Waals surface area (Å²) in [7, 11) is -0.106. The average molecular weight is 588 g/mol. The van der Waals surface area contributed by atoms with Crippen LogP contribution in [0.4, 0.5) is 13.2 Å². The van der Waals surface area contributed by atoms with Crippen LogP contribution >= 0.6 is 7.26 Å². The zero-order valence-electron chi connectivity index (χ0n) is 22.8. The Labute approximate surface area is 238 Å². The van der Waals surface area contributed by atoms with E-state index in [1.807, 2.05) is 0 Å². The smallest absolute Gasteiger partial charge is 0.475 e. The molecule has 1 aliphatic carbocycles. The lowest BCUT2D eigenvalue weighted by atomic mass is 10.1. The highest BCUT2D eigenvalue weighted by atomic mass is 31.2. The van der Waals surface area contributed by atoms with Gasteiger partial charge in [-0.15, -0.1) is 0 Å². The molecular formula is C30H35F3N4O3P+. The molecule has 0 aromatic heterocycles. The Kier molecular flexibility index (Phi) is 10.5. The van der Waals surface area contributed by atoms with Gasteiger partial charge in [-0.1, -0.05) is 54.6 Å². The van der Waals surface area contributed by atoms with Crippen LogP contribution in [0.3, 0.4) is 0 Å². The van der Waals surface area contributed by atoms with E-state index in [9.17, 15) is 18.0 Å². The molecule has 4 rings (SSSR count). The first-order valence-electron chi connectivity index (χ1n) is 13.1. The number of nitrogens with zero attached hydrogens (tertiary/aromatic N) is 1. The van der Waals surface area contributed by atoms with Crippen LogP contribution in [0, 0.1) is 10.8 Å². The van der Waals surface area contributed by atoms with Crippen molar-refractivity contribution in [3.63, 3.8) is 0 Å². The number of guanidine groups is 1. The standard InChI is InChI=1S/C28H33N4OP.C2HF3O2/c1-32(27(29)30)22-28(18-19-28)26(33)31-20-11-21-34(23-12-5-2-6-13-23,24-14-7-3-8-15-24)25-16-9-4-10-17-25;3-2(4,5)1(6)7/h2-10,12-17H,11,18-22H2,1H3,(H3-,29,30,31,33);(H,6,7)/p+1. The first kappa shape index (κ1) is 31.6. The molecular weight excluding hydrogens is 552 g/mol. The number of carbonyl (C=O) groups is 2. The van der Waals surface area contributed by atoms with Crippen molar-refractivity contribution in [1.82, 2.24) is 10.2 Å². The highest BCUT2D eigenvalue weighted by molar-refractivity contribution is 7.95. The first-order valence-corrected chi connectivity index (χ1v) is 15.1. The molecule has 218 valence electrons. The summed E-state index contributed by atoms with van der Waals surface area (Å²) in [5, 5.41) is 22.0. The summed E-state index contributed by atoms with van der Waals surface area (Å²) in [4.78, 5) is 23.5. The Morgan fingerprint density at radius 3 is 1.63 bits per heavy atom. The van der Waals surface area contributed by atoms with Gasteiger partial charge < -0.3 is 21.1 Å². The highest BCUT2D eigenvalue weighted by Crippen LogP contribution is 2.55. The van der Waals surface area contributed by atoms with Crippen molar-refractivity contribution in [3.8, 4) is 0 Å². The number of benzene rings is 3. The number of hydrogen-bond acceptors (Lipinski definition) is 3. The SMILES string of the molecule is CN(CC1(C(=O)NCCC[P+](c2ccccc2)(c2ccccc2)c2ccccc2)CC1)C(=N)N.O=C(O)C(F)(F)F. The minimum Gasteiger partial charge on any atom is -0.475 e. The van der Waals surface area contributed by atoms with Crippen LogP contribution in [0.15, 0.2) is 91.0 Å². The molecule has 0 aliphatic heterocycles. The molecule has 1 aliphatic rings. The number of carboxylic acids is 1. The van der Waals surface area contributed by atoms with Crippen LogP contribution in [-0.4, -0.2) is 60.3 Å². The van der Waals surface area contributed by atoms with Crippen molar-refractivity contribution in [1.29, 1.82) is 5.41 Å². The van der Waals surface area contributed by atoms with E-state index in [0.717, 1.165) is 25.4 Å². The third-order valence-electron chi connectivity index (χ3n) is 7.08. The summed E-state index contributed by atoms with van der Waals surface area (Å²) >= 11 is 0. The number of amides is 1. The molecule has 3 aromatic rings. The number of carbonyl (C=O) groups excluding carboxylic acids is 1. The van der Waals surface area contributed by atoms with Gasteiger partial charge in [0, 0.05) is 20.1 Å². The van der Waals surface area contributed by atoms with Gasteiger partial charge in [0.05, 0.1) is 11.6 Å². The lowest BCUT2D eigenvalue weighted by Crippen LogP contribution is -2.43. The number of nitrogens with one attached hydrogen (secondary N) is 2. The Bertz CT molecular complexity index is 1210. The van der Waals surface area contributed by atoms with Crippen molar-refractivity contribution in [2.45, 2.75) is 25.4 Å². The molecule has 1 amide bonds. The molecule has 0 heterocycles. The maximum atomic E-state index is 13.0. The fourth-order valence-corrected chi connectivity index (χ4v) is 9.08. The van der Waals surface area contributed by atoms with Gasteiger partial charge in [-0.05, 0) is 55.7 Å². The quantitative estimate of drug-likeness (QED) is 0.125. The number of aliphatic carboxylic acids is 1. The number of rotatable bonds is 10. The van der Waals surface area contributed by atoms with Gasteiger partial charge in [0.25, 0.3) is 0 Å². The van der Waals surface area contributed by atoms with Gasteiger partial charge in [-0.3, -0.25) is 10.2 Å². The van der Waals surface area contributed by atoms with E-state index in [4.69, 9.17) is 21.0 Å². The predicted molar refractivity (Wildman–Crippen MR) is 158 cm³/mol. The fourth-order valence-electron chi connectivity index (χ4n) is 4.73. The summed E-state index contributed by atoms with van der Waals surface area (Å²) in [5.74, 6) is -2.67. The van der Waals surface area contributed by atoms with E-state index >= 15 is 0 Å². The normalized spacial score (nSPS) is 13.8. The number of carboxylic acid groups (broad SMARTS) is 1. The average Bonchev–Trinajstić information content (AvgIpc) is 3.75. The maximum absolute atomic E-state index is 13.0. The monoisotopic (exact) mass is 587 g/mol. The fraction of sp³-hybridized carbons (Fsp3) is 0.300. The molecule has 11 heteroatoms. The largest absolute Gasteiger partial charge is 0.490 e. The third-order valence-corrected chi connectivity index (χ3v) is 11.6. The first-order chi connectivity index (χ1) is 19.4. The minimum atomic E-state index is -5.08. The van der Waals surface area contributed by atoms with Crippen molar-refractivity contribution < 1.29 is 27.9 Å². The number of alkyl halides is 3. The summed E-state index contributed by atoms with van der Waals surface area (Å²) in [6, 6.07) is 32.5. The molecule has 1 saturated carbocycles. The molecule has 0 bridgehead atoms. The van der Waals surface area contributed by atoms with Gasteiger partial charge in [-0.25, -0.2) is 4.79 Å². The second-order valence-corrected chi connectivity index (χ2v) is 13.6. The maximum Gasteiger partial charge on any atom is 0.490 e. The van der Waals surface area contributed by atoms with E-state index in [2.05, 4.69) is 96.3 Å². The van der Waals surface area contributed by atoms with E-state index in [0.29, 0.717) is 13.1 Å². The van der Waals surface area contributed by atoms with E-state index < -0.39 is 24.8 Å². The predicted octanol–water partition coefficient (Wildman–Crippen LogP) is 3.73. The van der Waals surface area contributed by atoms with Gasteiger partial charge in [0.2, 0.25) is 5.91 Å². The van der Waals surface area contributed by atoms with Crippen LogP contribution in [-0.2, 0) is 9.59 Å². The Morgan fingerprint density at radius 1 is 0.927 bits per heavy atom. The molecule has 5 N–H and O–H groups in total. The zero-order valence-corrected chi connectivity index (χ0v) is 23.7. The number of halogens is 3. The van der Waals surface area contributed by atoms with E-state index in [1.165, 1.54) is 15.9 Å². The molecule has 7 nitrogen and oxygen atoms in total. The molecule has 0 radical (unpaired) electrons. The van der Waals surface area contributed by atoms with Crippen molar-refractivity contribution >= 4 is 41.0 Å². The van der Waals surface area contributed by atoms with Crippen molar-refractivity contribution in [2.75, 3.05) is 26.3 Å². The zero-order chi connectivity index (χ0) is 30.1. The Morgan fingerprint density at radius 2 is 1.32 bits per heavy atom. The van der Waals surface area contributed by atoms with Gasteiger partial charge in [0.15, 0.2) is 5.96 Å². The van der Waals surface area contributed by atoms with E-state index in [1.54, 1.807) is 11.9 Å². The summed E-state index contributed by atoms with van der Waals surface area (Å²) < 4.78 is 31.7. The molecule has 0 atom stereocenters. The Hall–Kier alpha value is -3.91. The van der Waals surface area contributed by atoms with Crippen LogP contribution in [0.2, 0.25) is 0 Å². The molecule has 0 spiro atoms. The summed E-state index contributed by atoms with van der Waals surface area (Å²) in [6.07, 6.45) is -1.51. The second-order valence-electron chi connectivity index (χ2n) is 9.97. The van der Waals surface area contributed by atoms with Gasteiger partial charge >= 0.3 is 12.1 Å². The van der Waals surface area contributed by atoms with Gasteiger partial charge in [0.1, 0.15) is 23.2 Å². The van der Waals surface area contributed by atoms with Crippen molar-refractivity contribution in [3.05, 3.63) is 91.0 Å². The third kappa shape index (κ3) is 8.07. The Balaban J connectivity index is 0.000000587. The summed E-state index contributed by atoms with van der Waals surface area (Å²) in [5.41, 5.74) is 5.19. The van der Waals surface area contributed by atoms with Gasteiger partial charge in [-0.2, -0.15) is 13.2 Å². The molecule has 1 fully saturated rings. The number of hydrogen-bond donors (Lipinski definition) is 4. The lowest BCUT2D eigenvalue weighted by molar-refractivity contribution is -0.192. The number of nitrogens with two attached hydrogens (primary N) is 1. The van der Waals surface area contributed by atoms with Crippen LogP contribution < -0.4 is 27.0 Å². The van der Waals surface area contributed by atoms with Crippen LogP contribution in [0.25, 0.3) is 0 Å². The van der Waals surface area contributed by atoms with E-state index in [-0.39, 0.29) is 11.9 Å². The molecule has 41 heavy (non-hydrogen) atoms. The molecule has 0 unspecified atom stereocenters. The highest BCUT2D eigenvalue weighted by Gasteiger charge is 2.51. The topological polar surface area (TPSA) is 120 Å².